The molecule has 0 aliphatic carbocycles. The van der Waals surface area contributed by atoms with Crippen LogP contribution in [0.25, 0.3) is 0 Å². The van der Waals surface area contributed by atoms with Gasteiger partial charge in [-0.1, -0.05) is 6.92 Å². The zero-order chi connectivity index (χ0) is 11.5. The molecule has 0 saturated carbocycles. The van der Waals surface area contributed by atoms with Crippen molar-refractivity contribution in [2.24, 2.45) is 0 Å². The number of hydrogen-bond acceptors (Lipinski definition) is 4. The molecule has 2 rings (SSSR count). The molecule has 88 valence electrons. The van der Waals surface area contributed by atoms with Gasteiger partial charge in [-0.25, -0.2) is 4.98 Å². The highest BCUT2D eigenvalue weighted by molar-refractivity contribution is 8.00. The summed E-state index contributed by atoms with van der Waals surface area (Å²) < 4.78 is 0. The van der Waals surface area contributed by atoms with Crippen LogP contribution in [-0.4, -0.2) is 34.2 Å². The summed E-state index contributed by atoms with van der Waals surface area (Å²) in [6, 6.07) is 3.86. The van der Waals surface area contributed by atoms with Gasteiger partial charge in [0.1, 0.15) is 5.82 Å². The molecule has 0 radical (unpaired) electrons. The zero-order valence-corrected chi connectivity index (χ0v) is 10.6. The van der Waals surface area contributed by atoms with Gasteiger partial charge in [-0.2, -0.15) is 11.8 Å². The number of anilines is 1. The standard InChI is InChI=1S/C12H18N2OS/c1-9-8-14(5-6-16-9)12-7-11(10(2)15)3-4-13-12/h3-4,7,9-10,15H,5-6,8H2,1-2H3/t9?,10-/m0/s1. The molecule has 4 heteroatoms. The van der Waals surface area contributed by atoms with Gasteiger partial charge in [-0.15, -0.1) is 0 Å². The second-order valence-corrected chi connectivity index (χ2v) is 5.80. The molecular formula is C12H18N2OS. The minimum absolute atomic E-state index is 0.418. The third kappa shape index (κ3) is 2.68. The normalized spacial score (nSPS) is 23.2. The minimum atomic E-state index is -0.418. The lowest BCUT2D eigenvalue weighted by molar-refractivity contribution is 0.199. The summed E-state index contributed by atoms with van der Waals surface area (Å²) in [5.74, 6) is 2.15. The topological polar surface area (TPSA) is 36.4 Å². The Labute approximate surface area is 101 Å². The van der Waals surface area contributed by atoms with Crippen LogP contribution in [0.4, 0.5) is 5.82 Å². The summed E-state index contributed by atoms with van der Waals surface area (Å²) in [5.41, 5.74) is 0.941. The number of nitrogens with zero attached hydrogens (tertiary/aromatic N) is 2. The SMILES string of the molecule is CC1CN(c2cc([C@H](C)O)ccn2)CCS1. The summed E-state index contributed by atoms with van der Waals surface area (Å²) in [4.78, 5) is 6.68. The van der Waals surface area contributed by atoms with Crippen LogP contribution in [-0.2, 0) is 0 Å². The molecule has 3 nitrogen and oxygen atoms in total. The summed E-state index contributed by atoms with van der Waals surface area (Å²) in [6.07, 6.45) is 1.36. The van der Waals surface area contributed by atoms with Gasteiger partial charge in [0.15, 0.2) is 0 Å². The van der Waals surface area contributed by atoms with Crippen LogP contribution >= 0.6 is 11.8 Å². The fourth-order valence-electron chi connectivity index (χ4n) is 1.89. The molecule has 16 heavy (non-hydrogen) atoms. The molecular weight excluding hydrogens is 220 g/mol. The molecule has 1 aromatic heterocycles. The van der Waals surface area contributed by atoms with E-state index in [1.807, 2.05) is 23.9 Å². The van der Waals surface area contributed by atoms with E-state index < -0.39 is 6.10 Å². The van der Waals surface area contributed by atoms with Crippen molar-refractivity contribution in [3.05, 3.63) is 23.9 Å². The maximum atomic E-state index is 9.55. The van der Waals surface area contributed by atoms with Crippen LogP contribution in [0.15, 0.2) is 18.3 Å². The van der Waals surface area contributed by atoms with Gasteiger partial charge in [0, 0.05) is 30.3 Å². The number of aromatic nitrogens is 1. The second kappa shape index (κ2) is 5.06. The maximum Gasteiger partial charge on any atom is 0.128 e. The van der Waals surface area contributed by atoms with Gasteiger partial charge in [0.2, 0.25) is 0 Å². The first kappa shape index (κ1) is 11.7. The van der Waals surface area contributed by atoms with Crippen LogP contribution in [0.3, 0.4) is 0 Å². The Kier molecular flexibility index (Phi) is 3.71. The first-order valence-electron chi connectivity index (χ1n) is 5.67. The summed E-state index contributed by atoms with van der Waals surface area (Å²) in [5, 5.41) is 10.2. The van der Waals surface area contributed by atoms with Crippen LogP contribution in [0.1, 0.15) is 25.5 Å². The van der Waals surface area contributed by atoms with Crippen molar-refractivity contribution in [1.82, 2.24) is 4.98 Å². The molecule has 0 bridgehead atoms. The minimum Gasteiger partial charge on any atom is -0.389 e. The van der Waals surface area contributed by atoms with Gasteiger partial charge in [-0.05, 0) is 24.6 Å². The highest BCUT2D eigenvalue weighted by Crippen LogP contribution is 2.24. The van der Waals surface area contributed by atoms with Crippen molar-refractivity contribution < 1.29 is 5.11 Å². The number of pyridine rings is 1. The molecule has 1 N–H and O–H groups in total. The van der Waals surface area contributed by atoms with E-state index in [1.54, 1.807) is 13.1 Å². The Balaban J connectivity index is 2.16. The fourth-order valence-corrected chi connectivity index (χ4v) is 2.91. The van der Waals surface area contributed by atoms with Crippen LogP contribution in [0.2, 0.25) is 0 Å². The quantitative estimate of drug-likeness (QED) is 0.856. The van der Waals surface area contributed by atoms with Crippen molar-refractivity contribution in [3.8, 4) is 0 Å². The Morgan fingerprint density at radius 2 is 2.44 bits per heavy atom. The van der Waals surface area contributed by atoms with E-state index in [4.69, 9.17) is 0 Å². The zero-order valence-electron chi connectivity index (χ0n) is 9.76. The first-order valence-corrected chi connectivity index (χ1v) is 6.72. The number of rotatable bonds is 2. The molecule has 1 aliphatic rings. The molecule has 0 spiro atoms. The van der Waals surface area contributed by atoms with Crippen molar-refractivity contribution in [2.75, 3.05) is 23.7 Å². The summed E-state index contributed by atoms with van der Waals surface area (Å²) in [7, 11) is 0. The Hall–Kier alpha value is -0.740. The molecule has 1 fully saturated rings. The average molecular weight is 238 g/mol. The lowest BCUT2D eigenvalue weighted by Crippen LogP contribution is -2.37. The fraction of sp³-hybridized carbons (Fsp3) is 0.583. The number of hydrogen-bond donors (Lipinski definition) is 1. The lowest BCUT2D eigenvalue weighted by atomic mass is 10.1. The largest absolute Gasteiger partial charge is 0.389 e. The molecule has 0 amide bonds. The summed E-state index contributed by atoms with van der Waals surface area (Å²) in [6.45, 7) is 6.12. The predicted molar refractivity (Wildman–Crippen MR) is 69.0 cm³/mol. The van der Waals surface area contributed by atoms with Crippen LogP contribution < -0.4 is 4.90 Å². The van der Waals surface area contributed by atoms with E-state index in [9.17, 15) is 5.11 Å². The predicted octanol–water partition coefficient (Wildman–Crippen LogP) is 2.08. The highest BCUT2D eigenvalue weighted by atomic mass is 32.2. The third-order valence-corrected chi connectivity index (χ3v) is 3.95. The molecule has 2 atom stereocenters. The molecule has 1 saturated heterocycles. The molecule has 1 aromatic rings. The summed E-state index contributed by atoms with van der Waals surface area (Å²) >= 11 is 2.01. The monoisotopic (exact) mass is 238 g/mol. The Morgan fingerprint density at radius 3 is 3.12 bits per heavy atom. The van der Waals surface area contributed by atoms with E-state index in [2.05, 4.69) is 16.8 Å². The van der Waals surface area contributed by atoms with Crippen molar-refractivity contribution in [2.45, 2.75) is 25.2 Å². The van der Waals surface area contributed by atoms with Gasteiger partial charge in [0.05, 0.1) is 6.10 Å². The molecule has 1 unspecified atom stereocenters. The smallest absolute Gasteiger partial charge is 0.128 e. The van der Waals surface area contributed by atoms with E-state index in [-0.39, 0.29) is 0 Å². The lowest BCUT2D eigenvalue weighted by Gasteiger charge is -2.31. The molecule has 1 aliphatic heterocycles. The second-order valence-electron chi connectivity index (χ2n) is 4.25. The first-order chi connectivity index (χ1) is 7.66. The number of thioether (sulfide) groups is 1. The van der Waals surface area contributed by atoms with E-state index in [1.165, 1.54) is 0 Å². The van der Waals surface area contributed by atoms with Crippen molar-refractivity contribution >= 4 is 17.6 Å². The van der Waals surface area contributed by atoms with Crippen molar-refractivity contribution in [1.29, 1.82) is 0 Å². The highest BCUT2D eigenvalue weighted by Gasteiger charge is 2.18. The maximum absolute atomic E-state index is 9.55. The Bertz CT molecular complexity index is 357. The van der Waals surface area contributed by atoms with Crippen LogP contribution in [0, 0.1) is 0 Å². The number of aliphatic hydroxyl groups is 1. The van der Waals surface area contributed by atoms with Gasteiger partial charge in [-0.3, -0.25) is 0 Å². The molecule has 0 aromatic carbocycles. The van der Waals surface area contributed by atoms with Gasteiger partial charge < -0.3 is 10.0 Å². The van der Waals surface area contributed by atoms with Gasteiger partial charge in [0.25, 0.3) is 0 Å². The third-order valence-electron chi connectivity index (χ3n) is 2.82. The average Bonchev–Trinajstić information content (AvgIpc) is 2.29. The van der Waals surface area contributed by atoms with Gasteiger partial charge >= 0.3 is 0 Å². The van der Waals surface area contributed by atoms with Crippen molar-refractivity contribution in [3.63, 3.8) is 0 Å². The Morgan fingerprint density at radius 1 is 1.62 bits per heavy atom. The van der Waals surface area contributed by atoms with E-state index in [0.29, 0.717) is 5.25 Å². The van der Waals surface area contributed by atoms with E-state index >= 15 is 0 Å². The van der Waals surface area contributed by atoms with E-state index in [0.717, 1.165) is 30.2 Å². The number of aliphatic hydroxyl groups excluding tert-OH is 1. The molecule has 2 heterocycles. The van der Waals surface area contributed by atoms with Crippen LogP contribution in [0.5, 0.6) is 0 Å².